The van der Waals surface area contributed by atoms with Crippen LogP contribution in [-0.4, -0.2) is 6.79 Å². The molecule has 1 heterocycles. The number of aryl methyl sites for hydroxylation is 1. The fourth-order valence-corrected chi connectivity index (χ4v) is 1.70. The molecule has 76 valence electrons. The van der Waals surface area contributed by atoms with Gasteiger partial charge in [0.25, 0.3) is 0 Å². The summed E-state index contributed by atoms with van der Waals surface area (Å²) in [5, 5.41) is 0. The maximum Gasteiger partial charge on any atom is 0.231 e. The molecule has 0 N–H and O–H groups in total. The fraction of sp³-hybridized carbons (Fsp3) is 0.500. The Morgan fingerprint density at radius 3 is 2.71 bits per heavy atom. The predicted molar refractivity (Wildman–Crippen MR) is 56.0 cm³/mol. The first-order valence-corrected chi connectivity index (χ1v) is 5.14. The van der Waals surface area contributed by atoms with Gasteiger partial charge < -0.3 is 9.47 Å². The molecule has 1 aliphatic rings. The number of hydrogen-bond acceptors (Lipinski definition) is 2. The minimum Gasteiger partial charge on any atom is -0.454 e. The van der Waals surface area contributed by atoms with E-state index in [1.165, 1.54) is 11.1 Å². The van der Waals surface area contributed by atoms with Crippen LogP contribution in [0.15, 0.2) is 12.1 Å². The van der Waals surface area contributed by atoms with E-state index in [1.54, 1.807) is 0 Å². The van der Waals surface area contributed by atoms with Crippen molar-refractivity contribution in [3.8, 4) is 11.5 Å². The van der Waals surface area contributed by atoms with E-state index < -0.39 is 0 Å². The fourth-order valence-electron chi connectivity index (χ4n) is 1.70. The highest BCUT2D eigenvalue weighted by atomic mass is 16.7. The topological polar surface area (TPSA) is 18.5 Å². The van der Waals surface area contributed by atoms with Crippen LogP contribution in [0.25, 0.3) is 0 Å². The lowest BCUT2D eigenvalue weighted by Crippen LogP contribution is -1.94. The molecule has 0 atom stereocenters. The molecule has 0 aromatic heterocycles. The van der Waals surface area contributed by atoms with Crippen LogP contribution < -0.4 is 9.47 Å². The lowest BCUT2D eigenvalue weighted by atomic mass is 9.98. The summed E-state index contributed by atoms with van der Waals surface area (Å²) in [6, 6.07) is 4.31. The van der Waals surface area contributed by atoms with Crippen LogP contribution in [0.2, 0.25) is 0 Å². The number of rotatable bonds is 2. The molecule has 0 saturated carbocycles. The molecule has 2 rings (SSSR count). The monoisotopic (exact) mass is 192 g/mol. The Balaban J connectivity index is 2.49. The minimum atomic E-state index is 0.365. The summed E-state index contributed by atoms with van der Waals surface area (Å²) in [5.74, 6) is 2.39. The maximum absolute atomic E-state index is 5.43. The van der Waals surface area contributed by atoms with Crippen molar-refractivity contribution in [2.75, 3.05) is 6.79 Å². The van der Waals surface area contributed by atoms with Gasteiger partial charge in [-0.3, -0.25) is 0 Å². The molecule has 1 aromatic rings. The number of benzene rings is 1. The average molecular weight is 192 g/mol. The predicted octanol–water partition coefficient (Wildman–Crippen LogP) is 3.10. The molecular formula is C12H16O2. The van der Waals surface area contributed by atoms with Crippen molar-refractivity contribution in [3.63, 3.8) is 0 Å². The third-order valence-corrected chi connectivity index (χ3v) is 2.62. The first-order valence-electron chi connectivity index (χ1n) is 5.14. The van der Waals surface area contributed by atoms with Crippen molar-refractivity contribution in [3.05, 3.63) is 23.3 Å². The van der Waals surface area contributed by atoms with Crippen molar-refractivity contribution < 1.29 is 9.47 Å². The number of hydrogen-bond donors (Lipinski definition) is 0. The Morgan fingerprint density at radius 2 is 2.07 bits per heavy atom. The SMILES string of the molecule is CCc1cc(C(C)C)cc2c1OCO2. The van der Waals surface area contributed by atoms with Gasteiger partial charge >= 0.3 is 0 Å². The molecule has 0 fully saturated rings. The lowest BCUT2D eigenvalue weighted by molar-refractivity contribution is 0.173. The maximum atomic E-state index is 5.43. The van der Waals surface area contributed by atoms with Crippen LogP contribution in [0.1, 0.15) is 37.8 Å². The largest absolute Gasteiger partial charge is 0.454 e. The molecular weight excluding hydrogens is 176 g/mol. The molecule has 2 nitrogen and oxygen atoms in total. The molecule has 0 aliphatic carbocycles. The van der Waals surface area contributed by atoms with E-state index in [1.807, 2.05) is 0 Å². The van der Waals surface area contributed by atoms with Crippen LogP contribution in [0.5, 0.6) is 11.5 Å². The lowest BCUT2D eigenvalue weighted by Gasteiger charge is -2.10. The summed E-state index contributed by atoms with van der Waals surface area (Å²) >= 11 is 0. The Bertz CT molecular complexity index is 342. The van der Waals surface area contributed by atoms with E-state index in [0.717, 1.165) is 17.9 Å². The molecule has 0 amide bonds. The number of fused-ring (bicyclic) bond motifs is 1. The quantitative estimate of drug-likeness (QED) is 0.716. The van der Waals surface area contributed by atoms with Crippen LogP contribution in [-0.2, 0) is 6.42 Å². The van der Waals surface area contributed by atoms with Gasteiger partial charge in [-0.25, -0.2) is 0 Å². The van der Waals surface area contributed by atoms with Crippen molar-refractivity contribution in [1.82, 2.24) is 0 Å². The zero-order chi connectivity index (χ0) is 10.1. The standard InChI is InChI=1S/C12H16O2/c1-4-9-5-10(8(2)3)6-11-12(9)14-7-13-11/h5-6,8H,4,7H2,1-3H3. The summed E-state index contributed by atoms with van der Waals surface area (Å²) < 4.78 is 10.8. The van der Waals surface area contributed by atoms with Crippen LogP contribution >= 0.6 is 0 Å². The Labute approximate surface area is 84.8 Å². The van der Waals surface area contributed by atoms with E-state index in [9.17, 15) is 0 Å². The highest BCUT2D eigenvalue weighted by Crippen LogP contribution is 2.38. The van der Waals surface area contributed by atoms with Crippen molar-refractivity contribution in [2.45, 2.75) is 33.1 Å². The Kier molecular flexibility index (Phi) is 2.36. The van der Waals surface area contributed by atoms with E-state index in [4.69, 9.17) is 9.47 Å². The Hall–Kier alpha value is -1.18. The van der Waals surface area contributed by atoms with E-state index in [0.29, 0.717) is 12.7 Å². The smallest absolute Gasteiger partial charge is 0.231 e. The average Bonchev–Trinajstić information content (AvgIpc) is 2.63. The highest BCUT2D eigenvalue weighted by Gasteiger charge is 2.18. The molecule has 0 bridgehead atoms. The van der Waals surface area contributed by atoms with Gasteiger partial charge in [-0.1, -0.05) is 26.8 Å². The molecule has 1 aromatic carbocycles. The molecule has 0 radical (unpaired) electrons. The second kappa shape index (κ2) is 3.52. The molecule has 2 heteroatoms. The zero-order valence-electron chi connectivity index (χ0n) is 8.96. The second-order valence-electron chi connectivity index (χ2n) is 3.92. The zero-order valence-corrected chi connectivity index (χ0v) is 8.96. The normalized spacial score (nSPS) is 13.7. The summed E-state index contributed by atoms with van der Waals surface area (Å²) in [5.41, 5.74) is 2.58. The van der Waals surface area contributed by atoms with E-state index in [-0.39, 0.29) is 0 Å². The van der Waals surface area contributed by atoms with Crippen LogP contribution in [0, 0.1) is 0 Å². The third kappa shape index (κ3) is 1.45. The van der Waals surface area contributed by atoms with Gasteiger partial charge in [0, 0.05) is 0 Å². The van der Waals surface area contributed by atoms with E-state index >= 15 is 0 Å². The van der Waals surface area contributed by atoms with Gasteiger partial charge in [0.15, 0.2) is 11.5 Å². The third-order valence-electron chi connectivity index (χ3n) is 2.62. The second-order valence-corrected chi connectivity index (χ2v) is 3.92. The Morgan fingerprint density at radius 1 is 1.29 bits per heavy atom. The van der Waals surface area contributed by atoms with Gasteiger partial charge in [-0.05, 0) is 29.5 Å². The molecule has 0 spiro atoms. The van der Waals surface area contributed by atoms with Gasteiger partial charge in [0.1, 0.15) is 0 Å². The first kappa shape index (κ1) is 9.38. The van der Waals surface area contributed by atoms with Gasteiger partial charge in [0.2, 0.25) is 6.79 Å². The molecule has 1 aliphatic heterocycles. The van der Waals surface area contributed by atoms with Crippen LogP contribution in [0.3, 0.4) is 0 Å². The first-order chi connectivity index (χ1) is 6.72. The summed E-state index contributed by atoms with van der Waals surface area (Å²) in [4.78, 5) is 0. The van der Waals surface area contributed by atoms with E-state index in [2.05, 4.69) is 32.9 Å². The van der Waals surface area contributed by atoms with Crippen molar-refractivity contribution in [1.29, 1.82) is 0 Å². The highest BCUT2D eigenvalue weighted by molar-refractivity contribution is 5.51. The summed E-state index contributed by atoms with van der Waals surface area (Å²) in [7, 11) is 0. The van der Waals surface area contributed by atoms with Gasteiger partial charge in [0.05, 0.1) is 0 Å². The van der Waals surface area contributed by atoms with Crippen molar-refractivity contribution in [2.24, 2.45) is 0 Å². The van der Waals surface area contributed by atoms with Crippen molar-refractivity contribution >= 4 is 0 Å². The van der Waals surface area contributed by atoms with Crippen LogP contribution in [0.4, 0.5) is 0 Å². The summed E-state index contributed by atoms with van der Waals surface area (Å²) in [6.07, 6.45) is 0.992. The molecule has 0 unspecified atom stereocenters. The van der Waals surface area contributed by atoms with Gasteiger partial charge in [-0.15, -0.1) is 0 Å². The summed E-state index contributed by atoms with van der Waals surface area (Å²) in [6.45, 7) is 6.89. The van der Waals surface area contributed by atoms with Gasteiger partial charge in [-0.2, -0.15) is 0 Å². The molecule has 0 saturated heterocycles. The molecule has 14 heavy (non-hydrogen) atoms. The minimum absolute atomic E-state index is 0.365. The number of ether oxygens (including phenoxy) is 2.